The Morgan fingerprint density at radius 1 is 1.12 bits per heavy atom. The summed E-state index contributed by atoms with van der Waals surface area (Å²) in [6.07, 6.45) is -0.382. The van der Waals surface area contributed by atoms with Gasteiger partial charge in [-0.1, -0.05) is 0 Å². The molecule has 34 heavy (non-hydrogen) atoms. The number of hydrogen-bond donors (Lipinski definition) is 1. The highest BCUT2D eigenvalue weighted by Gasteiger charge is 2.31. The molecule has 1 saturated heterocycles. The van der Waals surface area contributed by atoms with Crippen molar-refractivity contribution in [2.45, 2.75) is 46.0 Å². The molecular formula is C24H29FN6O3. The summed E-state index contributed by atoms with van der Waals surface area (Å²) in [6, 6.07) is 8.13. The predicted octanol–water partition coefficient (Wildman–Crippen LogP) is 2.73. The summed E-state index contributed by atoms with van der Waals surface area (Å²) in [7, 11) is 0. The summed E-state index contributed by atoms with van der Waals surface area (Å²) in [5.74, 6) is -0.236. The molecule has 10 heteroatoms. The first-order chi connectivity index (χ1) is 16.2. The van der Waals surface area contributed by atoms with Crippen molar-refractivity contribution in [1.82, 2.24) is 24.4 Å². The zero-order valence-electron chi connectivity index (χ0n) is 19.7. The van der Waals surface area contributed by atoms with E-state index in [1.165, 1.54) is 16.6 Å². The van der Waals surface area contributed by atoms with Crippen molar-refractivity contribution in [3.8, 4) is 0 Å². The van der Waals surface area contributed by atoms with E-state index >= 15 is 0 Å². The molecule has 9 nitrogen and oxygen atoms in total. The highest BCUT2D eigenvalue weighted by atomic mass is 19.1. The molecule has 2 aliphatic rings. The van der Waals surface area contributed by atoms with Crippen LogP contribution >= 0.6 is 0 Å². The SMILES string of the molecule is CC(C)(C)OC(=O)N1Cc2[nH]n3c(=O)cc(CN4CCN(c5ccc(F)cc5)CC4)nc3c2C1. The fourth-order valence-electron chi connectivity index (χ4n) is 4.49. The number of amides is 1. The van der Waals surface area contributed by atoms with Crippen LogP contribution in [0.1, 0.15) is 37.7 Å². The molecule has 0 radical (unpaired) electrons. The van der Waals surface area contributed by atoms with Gasteiger partial charge in [-0.05, 0) is 45.0 Å². The molecule has 5 rings (SSSR count). The van der Waals surface area contributed by atoms with Gasteiger partial charge in [0.25, 0.3) is 5.56 Å². The predicted molar refractivity (Wildman–Crippen MR) is 125 cm³/mol. The van der Waals surface area contributed by atoms with Gasteiger partial charge in [-0.3, -0.25) is 19.7 Å². The smallest absolute Gasteiger partial charge is 0.410 e. The van der Waals surface area contributed by atoms with E-state index in [1.807, 2.05) is 20.8 Å². The van der Waals surface area contributed by atoms with Gasteiger partial charge in [-0.2, -0.15) is 0 Å². The van der Waals surface area contributed by atoms with Crippen molar-refractivity contribution in [2.24, 2.45) is 0 Å². The number of fused-ring (bicyclic) bond motifs is 3. The second-order valence-corrected chi connectivity index (χ2v) is 9.89. The molecule has 1 amide bonds. The normalized spacial score (nSPS) is 16.8. The van der Waals surface area contributed by atoms with Gasteiger partial charge in [0.05, 0.1) is 24.5 Å². The van der Waals surface area contributed by atoms with Crippen molar-refractivity contribution in [3.63, 3.8) is 0 Å². The van der Waals surface area contributed by atoms with Gasteiger partial charge >= 0.3 is 6.09 Å². The molecule has 0 aliphatic carbocycles. The minimum absolute atomic E-state index is 0.164. The maximum atomic E-state index is 13.2. The first-order valence-electron chi connectivity index (χ1n) is 11.5. The van der Waals surface area contributed by atoms with E-state index in [4.69, 9.17) is 9.72 Å². The van der Waals surface area contributed by atoms with Gasteiger partial charge in [0.15, 0.2) is 5.65 Å². The van der Waals surface area contributed by atoms with E-state index in [2.05, 4.69) is 14.9 Å². The summed E-state index contributed by atoms with van der Waals surface area (Å²) in [5.41, 5.74) is 3.20. The van der Waals surface area contributed by atoms with E-state index in [0.717, 1.165) is 43.1 Å². The lowest BCUT2D eigenvalue weighted by Gasteiger charge is -2.35. The number of ether oxygens (including phenoxy) is 1. The second-order valence-electron chi connectivity index (χ2n) is 9.89. The lowest BCUT2D eigenvalue weighted by Crippen LogP contribution is -2.46. The average molecular weight is 469 g/mol. The molecule has 0 spiro atoms. The standard InChI is InChI=1S/C24H29FN6O3/c1-24(2,3)34-23(33)30-14-19-20(15-30)27-31-21(32)12-17(26-22(19)31)13-28-8-10-29(11-9-28)18-6-4-16(25)5-7-18/h4-7,12,27H,8-11,13-15H2,1-3H3. The van der Waals surface area contributed by atoms with Gasteiger partial charge in [0.2, 0.25) is 0 Å². The number of nitrogens with one attached hydrogen (secondary N) is 1. The van der Waals surface area contributed by atoms with Crippen LogP contribution in [-0.2, 0) is 24.4 Å². The van der Waals surface area contributed by atoms with E-state index in [9.17, 15) is 14.0 Å². The van der Waals surface area contributed by atoms with Crippen LogP contribution in [0.4, 0.5) is 14.9 Å². The van der Waals surface area contributed by atoms with Crippen molar-refractivity contribution < 1.29 is 13.9 Å². The number of aromatic nitrogens is 3. The van der Waals surface area contributed by atoms with Gasteiger partial charge in [-0.15, -0.1) is 0 Å². The zero-order valence-corrected chi connectivity index (χ0v) is 19.7. The van der Waals surface area contributed by atoms with Crippen molar-refractivity contribution in [2.75, 3.05) is 31.1 Å². The molecule has 2 aromatic heterocycles. The zero-order chi connectivity index (χ0) is 24.0. The number of hydrogen-bond acceptors (Lipinski definition) is 6. The third-order valence-electron chi connectivity index (χ3n) is 6.15. The van der Waals surface area contributed by atoms with Crippen molar-refractivity contribution >= 4 is 17.4 Å². The van der Waals surface area contributed by atoms with Crippen LogP contribution in [0.3, 0.4) is 0 Å². The van der Waals surface area contributed by atoms with Crippen LogP contribution < -0.4 is 10.5 Å². The van der Waals surface area contributed by atoms with E-state index in [-0.39, 0.29) is 17.5 Å². The molecule has 0 atom stereocenters. The van der Waals surface area contributed by atoms with Crippen molar-refractivity contribution in [3.05, 3.63) is 63.5 Å². The molecule has 0 bridgehead atoms. The molecule has 1 N–H and O–H groups in total. The molecule has 0 saturated carbocycles. The maximum Gasteiger partial charge on any atom is 0.410 e. The van der Waals surface area contributed by atoms with Crippen LogP contribution in [0, 0.1) is 5.82 Å². The molecule has 0 unspecified atom stereocenters. The van der Waals surface area contributed by atoms with Gasteiger partial charge in [-0.25, -0.2) is 18.7 Å². The Bertz CT molecular complexity index is 1270. The topological polar surface area (TPSA) is 86.2 Å². The van der Waals surface area contributed by atoms with Gasteiger partial charge < -0.3 is 9.64 Å². The number of halogens is 1. The molecule has 3 aromatic rings. The molecule has 4 heterocycles. The van der Waals surface area contributed by atoms with Crippen LogP contribution in [0.25, 0.3) is 5.65 Å². The maximum absolute atomic E-state index is 13.2. The fraction of sp³-hybridized carbons (Fsp3) is 0.458. The third-order valence-corrected chi connectivity index (χ3v) is 6.15. The number of nitrogens with zero attached hydrogens (tertiary/aromatic N) is 5. The molecule has 2 aliphatic heterocycles. The number of benzene rings is 1. The Morgan fingerprint density at radius 3 is 2.50 bits per heavy atom. The van der Waals surface area contributed by atoms with Gasteiger partial charge in [0, 0.05) is 50.0 Å². The quantitative estimate of drug-likeness (QED) is 0.636. The van der Waals surface area contributed by atoms with Crippen molar-refractivity contribution in [1.29, 1.82) is 0 Å². The third kappa shape index (κ3) is 4.50. The van der Waals surface area contributed by atoms with Crippen LogP contribution in [-0.4, -0.2) is 62.3 Å². The lowest BCUT2D eigenvalue weighted by atomic mass is 10.2. The summed E-state index contributed by atoms with van der Waals surface area (Å²) in [4.78, 5) is 36.1. The number of H-pyrrole nitrogens is 1. The summed E-state index contributed by atoms with van der Waals surface area (Å²) < 4.78 is 20.1. The molecule has 180 valence electrons. The Hall–Kier alpha value is -3.40. The van der Waals surface area contributed by atoms with E-state index in [1.54, 1.807) is 23.1 Å². The van der Waals surface area contributed by atoms with Crippen LogP contribution in [0.2, 0.25) is 0 Å². The number of anilines is 1. The largest absolute Gasteiger partial charge is 0.444 e. The summed E-state index contributed by atoms with van der Waals surface area (Å²) >= 11 is 0. The molecular weight excluding hydrogens is 439 g/mol. The Labute approximate surface area is 196 Å². The summed E-state index contributed by atoms with van der Waals surface area (Å²) in [5, 5.41) is 3.10. The molecule has 1 fully saturated rings. The Kier molecular flexibility index (Phi) is 5.55. The van der Waals surface area contributed by atoms with E-state index < -0.39 is 5.60 Å². The minimum atomic E-state index is -0.571. The second kappa shape index (κ2) is 8.43. The number of piperazine rings is 1. The Morgan fingerprint density at radius 2 is 1.82 bits per heavy atom. The number of rotatable bonds is 3. The Balaban J connectivity index is 1.28. The first-order valence-corrected chi connectivity index (χ1v) is 11.5. The van der Waals surface area contributed by atoms with Crippen LogP contribution in [0.15, 0.2) is 35.1 Å². The van der Waals surface area contributed by atoms with Crippen LogP contribution in [0.5, 0.6) is 0 Å². The first kappa shape index (κ1) is 22.4. The van der Waals surface area contributed by atoms with Gasteiger partial charge in [0.1, 0.15) is 11.4 Å². The highest BCUT2D eigenvalue weighted by molar-refractivity contribution is 5.70. The number of aromatic amines is 1. The lowest BCUT2D eigenvalue weighted by molar-refractivity contribution is 0.0240. The molecule has 1 aromatic carbocycles. The number of carbonyl (C=O) groups excluding carboxylic acids is 1. The van der Waals surface area contributed by atoms with E-state index in [0.29, 0.717) is 31.0 Å². The monoisotopic (exact) mass is 468 g/mol. The average Bonchev–Trinajstić information content (AvgIpc) is 3.33. The fourth-order valence-corrected chi connectivity index (χ4v) is 4.49. The summed E-state index contributed by atoms with van der Waals surface area (Å²) in [6.45, 7) is 10.0. The minimum Gasteiger partial charge on any atom is -0.444 e. The highest BCUT2D eigenvalue weighted by Crippen LogP contribution is 2.26. The number of carbonyl (C=O) groups is 1.